The van der Waals surface area contributed by atoms with Gasteiger partial charge in [-0.2, -0.15) is 0 Å². The fourth-order valence-electron chi connectivity index (χ4n) is 5.43. The molecule has 0 bridgehead atoms. The number of ketones is 1. The van der Waals surface area contributed by atoms with E-state index in [2.05, 4.69) is 22.0 Å². The molecule has 1 aliphatic heterocycles. The van der Waals surface area contributed by atoms with Crippen molar-refractivity contribution in [3.8, 4) is 28.2 Å². The molecule has 1 saturated heterocycles. The second kappa shape index (κ2) is 10.5. The Morgan fingerprint density at radius 2 is 1.70 bits per heavy atom. The molecule has 0 unspecified atom stereocenters. The maximum atomic E-state index is 12.1. The number of aromatic nitrogens is 1. The molecule has 2 aliphatic rings. The Bertz CT molecular complexity index is 1390. The van der Waals surface area contributed by atoms with Crippen LogP contribution in [0.3, 0.4) is 0 Å². The molecule has 4 aromatic rings. The minimum atomic E-state index is 0.237. The van der Waals surface area contributed by atoms with E-state index in [4.69, 9.17) is 20.8 Å². The van der Waals surface area contributed by atoms with Gasteiger partial charge in [0.2, 0.25) is 0 Å². The fraction of sp³-hybridized carbons (Fsp3) is 0.290. The maximum Gasteiger partial charge on any atom is 0.163 e. The van der Waals surface area contributed by atoms with Crippen LogP contribution >= 0.6 is 11.6 Å². The minimum absolute atomic E-state index is 0.237. The molecule has 2 aromatic carbocycles. The van der Waals surface area contributed by atoms with E-state index < -0.39 is 0 Å². The first-order chi connectivity index (χ1) is 18.1. The van der Waals surface area contributed by atoms with Crippen molar-refractivity contribution in [2.45, 2.75) is 31.6 Å². The molecule has 0 N–H and O–H groups in total. The van der Waals surface area contributed by atoms with Crippen LogP contribution < -0.4 is 4.74 Å². The number of hydrogen-bond donors (Lipinski definition) is 0. The number of fused-ring (bicyclic) bond motifs is 1. The van der Waals surface area contributed by atoms with Crippen LogP contribution in [0, 0.1) is 0 Å². The lowest BCUT2D eigenvalue weighted by Gasteiger charge is -2.30. The molecule has 188 valence electrons. The largest absolute Gasteiger partial charge is 0.492 e. The van der Waals surface area contributed by atoms with Gasteiger partial charge in [0.15, 0.2) is 5.78 Å². The van der Waals surface area contributed by atoms with Crippen LogP contribution in [0.5, 0.6) is 5.75 Å². The van der Waals surface area contributed by atoms with Crippen LogP contribution in [-0.2, 0) is 6.42 Å². The number of rotatable bonds is 7. The molecule has 1 aliphatic carbocycles. The highest BCUT2D eigenvalue weighted by Gasteiger charge is 2.27. The SMILES string of the molecule is O=C1CCc2cc(-c3oc(C4CCN(CCOc5ccc(Cl)cc5)CC4)cc3-c3ccncc3)ccc21. The van der Waals surface area contributed by atoms with Gasteiger partial charge in [-0.3, -0.25) is 14.7 Å². The first-order valence-corrected chi connectivity index (χ1v) is 13.3. The third-order valence-electron chi connectivity index (χ3n) is 7.51. The minimum Gasteiger partial charge on any atom is -0.492 e. The van der Waals surface area contributed by atoms with Crippen molar-refractivity contribution in [2.24, 2.45) is 0 Å². The first kappa shape index (κ1) is 24.0. The van der Waals surface area contributed by atoms with Crippen molar-refractivity contribution in [1.82, 2.24) is 9.88 Å². The normalized spacial score (nSPS) is 16.2. The lowest BCUT2D eigenvalue weighted by Crippen LogP contribution is -2.35. The van der Waals surface area contributed by atoms with Crippen molar-refractivity contribution in [1.29, 1.82) is 0 Å². The van der Waals surface area contributed by atoms with E-state index in [-0.39, 0.29) is 5.78 Å². The number of halogens is 1. The number of carbonyl (C=O) groups is 1. The third-order valence-corrected chi connectivity index (χ3v) is 7.76. The van der Waals surface area contributed by atoms with E-state index in [1.165, 1.54) is 0 Å². The summed E-state index contributed by atoms with van der Waals surface area (Å²) < 4.78 is 12.5. The van der Waals surface area contributed by atoms with Crippen LogP contribution in [0.1, 0.15) is 46.9 Å². The Morgan fingerprint density at radius 1 is 0.919 bits per heavy atom. The zero-order chi connectivity index (χ0) is 25.2. The second-order valence-electron chi connectivity index (χ2n) is 9.84. The van der Waals surface area contributed by atoms with E-state index in [0.717, 1.165) is 84.0 Å². The summed E-state index contributed by atoms with van der Waals surface area (Å²) in [5.74, 6) is 3.37. The molecular formula is C31H29ClN2O3. The molecule has 37 heavy (non-hydrogen) atoms. The van der Waals surface area contributed by atoms with Crippen LogP contribution in [-0.4, -0.2) is 41.9 Å². The molecule has 5 nitrogen and oxygen atoms in total. The number of pyridine rings is 1. The topological polar surface area (TPSA) is 55.6 Å². The van der Waals surface area contributed by atoms with Crippen LogP contribution in [0.15, 0.2) is 77.5 Å². The molecule has 0 spiro atoms. The summed E-state index contributed by atoms with van der Waals surface area (Å²) in [5, 5.41) is 0.717. The fourth-order valence-corrected chi connectivity index (χ4v) is 5.56. The van der Waals surface area contributed by atoms with Gasteiger partial charge in [0.05, 0.1) is 0 Å². The van der Waals surface area contributed by atoms with E-state index >= 15 is 0 Å². The molecule has 0 amide bonds. The number of aryl methyl sites for hydroxylation is 1. The zero-order valence-corrected chi connectivity index (χ0v) is 21.4. The van der Waals surface area contributed by atoms with Gasteiger partial charge in [0, 0.05) is 53.0 Å². The Kier molecular flexibility index (Phi) is 6.81. The van der Waals surface area contributed by atoms with Gasteiger partial charge in [-0.05, 0) is 92.0 Å². The number of Topliss-reactive ketones (excluding diaryl/α,β-unsaturated/α-hetero) is 1. The maximum absolute atomic E-state index is 12.1. The molecule has 0 radical (unpaired) electrons. The van der Waals surface area contributed by atoms with E-state index in [0.29, 0.717) is 24.0 Å². The van der Waals surface area contributed by atoms with Crippen LogP contribution in [0.2, 0.25) is 5.02 Å². The standard InChI is InChI=1S/C31H29ClN2O3/c32-25-3-5-26(6-4-25)36-18-17-34-15-11-22(12-16-34)30-20-28(21-9-13-33-14-10-21)31(37-30)24-1-7-27-23(19-24)2-8-29(27)35/h1,3-7,9-10,13-14,19-20,22H,2,8,11-12,15-18H2. The monoisotopic (exact) mass is 512 g/mol. The molecule has 6 heteroatoms. The van der Waals surface area contributed by atoms with Crippen molar-refractivity contribution >= 4 is 17.4 Å². The Balaban J connectivity index is 1.16. The van der Waals surface area contributed by atoms with Gasteiger partial charge in [0.1, 0.15) is 23.9 Å². The van der Waals surface area contributed by atoms with Crippen molar-refractivity contribution in [3.05, 3.63) is 95.0 Å². The molecule has 0 saturated carbocycles. The van der Waals surface area contributed by atoms with Gasteiger partial charge in [-0.25, -0.2) is 0 Å². The molecule has 3 heterocycles. The average molecular weight is 513 g/mol. The summed E-state index contributed by atoms with van der Waals surface area (Å²) in [6.07, 6.45) is 7.13. The number of furan rings is 1. The Morgan fingerprint density at radius 3 is 2.49 bits per heavy atom. The van der Waals surface area contributed by atoms with E-state index in [1.807, 2.05) is 60.9 Å². The quantitative estimate of drug-likeness (QED) is 0.265. The number of nitrogens with zero attached hydrogens (tertiary/aromatic N) is 2. The summed E-state index contributed by atoms with van der Waals surface area (Å²) in [7, 11) is 0. The highest BCUT2D eigenvalue weighted by atomic mass is 35.5. The van der Waals surface area contributed by atoms with Crippen molar-refractivity contribution in [3.63, 3.8) is 0 Å². The summed E-state index contributed by atoms with van der Waals surface area (Å²) in [5.41, 5.74) is 5.18. The predicted molar refractivity (Wildman–Crippen MR) is 145 cm³/mol. The average Bonchev–Trinajstić information content (AvgIpc) is 3.55. The van der Waals surface area contributed by atoms with Gasteiger partial charge >= 0.3 is 0 Å². The summed E-state index contributed by atoms with van der Waals surface area (Å²) >= 11 is 5.95. The van der Waals surface area contributed by atoms with Crippen molar-refractivity contribution in [2.75, 3.05) is 26.2 Å². The lowest BCUT2D eigenvalue weighted by atomic mass is 9.93. The zero-order valence-electron chi connectivity index (χ0n) is 20.7. The number of ether oxygens (including phenoxy) is 1. The van der Waals surface area contributed by atoms with Crippen LogP contribution in [0.25, 0.3) is 22.5 Å². The molecular weight excluding hydrogens is 484 g/mol. The highest BCUT2D eigenvalue weighted by molar-refractivity contribution is 6.30. The number of benzene rings is 2. The summed E-state index contributed by atoms with van der Waals surface area (Å²) in [6, 6.07) is 19.9. The van der Waals surface area contributed by atoms with Crippen molar-refractivity contribution < 1.29 is 13.9 Å². The number of piperidine rings is 1. The molecule has 1 fully saturated rings. The third kappa shape index (κ3) is 5.20. The number of likely N-dealkylation sites (tertiary alicyclic amines) is 1. The highest BCUT2D eigenvalue weighted by Crippen LogP contribution is 2.41. The Labute approximate surface area is 222 Å². The Hall–Kier alpha value is -3.41. The number of carbonyl (C=O) groups excluding carboxylic acids is 1. The van der Waals surface area contributed by atoms with E-state index in [1.54, 1.807) is 0 Å². The summed E-state index contributed by atoms with van der Waals surface area (Å²) in [6.45, 7) is 3.57. The molecule has 6 rings (SSSR count). The summed E-state index contributed by atoms with van der Waals surface area (Å²) in [4.78, 5) is 18.8. The first-order valence-electron chi connectivity index (χ1n) is 13.0. The van der Waals surface area contributed by atoms with Gasteiger partial charge in [-0.1, -0.05) is 23.7 Å². The molecule has 2 aromatic heterocycles. The van der Waals surface area contributed by atoms with E-state index in [9.17, 15) is 4.79 Å². The second-order valence-corrected chi connectivity index (χ2v) is 10.3. The number of hydrogen-bond acceptors (Lipinski definition) is 5. The van der Waals surface area contributed by atoms with Crippen LogP contribution in [0.4, 0.5) is 0 Å². The van der Waals surface area contributed by atoms with Gasteiger partial charge in [-0.15, -0.1) is 0 Å². The van der Waals surface area contributed by atoms with Gasteiger partial charge < -0.3 is 9.15 Å². The molecule has 0 atom stereocenters. The predicted octanol–water partition coefficient (Wildman–Crippen LogP) is 7.05. The van der Waals surface area contributed by atoms with Gasteiger partial charge in [0.25, 0.3) is 0 Å². The lowest BCUT2D eigenvalue weighted by molar-refractivity contribution is 0.0994. The smallest absolute Gasteiger partial charge is 0.163 e.